The van der Waals surface area contributed by atoms with Crippen molar-refractivity contribution in [1.29, 1.82) is 5.26 Å². The van der Waals surface area contributed by atoms with E-state index in [1.807, 2.05) is 30.3 Å². The zero-order valence-electron chi connectivity index (χ0n) is 20.1. The van der Waals surface area contributed by atoms with Crippen LogP contribution in [-0.4, -0.2) is 69.7 Å². The number of nitriles is 1. The maximum Gasteiger partial charge on any atom is 0.407 e. The van der Waals surface area contributed by atoms with Crippen molar-refractivity contribution in [2.45, 2.75) is 43.6 Å². The summed E-state index contributed by atoms with van der Waals surface area (Å²) in [6, 6.07) is 8.76. The Morgan fingerprint density at radius 3 is 2.78 bits per heavy atom. The van der Waals surface area contributed by atoms with Crippen LogP contribution in [0, 0.1) is 21.4 Å². The summed E-state index contributed by atoms with van der Waals surface area (Å²) in [7, 11) is 1.28. The molecule has 0 spiro atoms. The molecule has 0 saturated carbocycles. The second-order valence-corrected chi connectivity index (χ2v) is 9.41. The molecule has 1 aliphatic heterocycles. The lowest BCUT2D eigenvalue weighted by Gasteiger charge is -2.40. The summed E-state index contributed by atoms with van der Waals surface area (Å²) in [5.74, 6) is -0.628. The summed E-state index contributed by atoms with van der Waals surface area (Å²) < 4.78 is 5.19. The second kappa shape index (κ2) is 10.6. The molecule has 0 radical (unpaired) electrons. The third kappa shape index (κ3) is 4.86. The zero-order chi connectivity index (χ0) is 26.7. The van der Waals surface area contributed by atoms with Crippen molar-refractivity contribution in [3.05, 3.63) is 56.5 Å². The summed E-state index contributed by atoms with van der Waals surface area (Å²) in [4.78, 5) is 47.6. The number of fused-ring (bicyclic) bond motifs is 1. The molecule has 2 atom stereocenters. The third-order valence-electron chi connectivity index (χ3n) is 7.07. The molecule has 1 fully saturated rings. The molecule has 0 bridgehead atoms. The maximum atomic E-state index is 13.3. The Morgan fingerprint density at radius 1 is 1.35 bits per heavy atom. The number of carbonyl (C=O) groups is 2. The minimum absolute atomic E-state index is 0.0292. The first kappa shape index (κ1) is 26.1. The Labute approximate surface area is 217 Å². The van der Waals surface area contributed by atoms with Crippen LogP contribution in [0.25, 0.3) is 0 Å². The highest BCUT2D eigenvalue weighted by molar-refractivity contribution is 6.28. The van der Waals surface area contributed by atoms with Gasteiger partial charge in [0.25, 0.3) is 0 Å². The van der Waals surface area contributed by atoms with Gasteiger partial charge in [-0.15, -0.1) is 0 Å². The molecular weight excluding hydrogens is 504 g/mol. The van der Waals surface area contributed by atoms with Gasteiger partial charge in [0.05, 0.1) is 36.0 Å². The minimum Gasteiger partial charge on any atom is -0.468 e. The topological polar surface area (TPSA) is 163 Å². The van der Waals surface area contributed by atoms with Crippen molar-refractivity contribution in [2.24, 2.45) is 0 Å². The number of benzene rings is 1. The Bertz CT molecular complexity index is 1280. The first-order valence-corrected chi connectivity index (χ1v) is 12.1. The number of amides is 1. The monoisotopic (exact) mass is 528 g/mol. The van der Waals surface area contributed by atoms with Crippen molar-refractivity contribution in [3.63, 3.8) is 0 Å². The van der Waals surface area contributed by atoms with Gasteiger partial charge in [0.2, 0.25) is 11.1 Å². The van der Waals surface area contributed by atoms with Crippen molar-refractivity contribution < 1.29 is 24.4 Å². The maximum absolute atomic E-state index is 13.3. The lowest BCUT2D eigenvalue weighted by molar-refractivity contribution is -0.385. The van der Waals surface area contributed by atoms with E-state index in [-0.39, 0.29) is 49.3 Å². The summed E-state index contributed by atoms with van der Waals surface area (Å²) in [6.07, 6.45) is 0.467. The molecule has 4 rings (SSSR count). The van der Waals surface area contributed by atoms with Crippen LogP contribution in [0.3, 0.4) is 0 Å². The number of hydrogen-bond acceptors (Lipinski definition) is 9. The molecule has 1 aliphatic carbocycles. The predicted octanol–water partition coefficient (Wildman–Crippen LogP) is 3.11. The van der Waals surface area contributed by atoms with Gasteiger partial charge < -0.3 is 19.6 Å². The van der Waals surface area contributed by atoms with Crippen molar-refractivity contribution in [3.8, 4) is 6.07 Å². The number of aromatic nitrogens is 2. The number of methoxy groups -OCH3 is 1. The molecule has 2 aromatic rings. The molecule has 1 N–H and O–H groups in total. The third-order valence-corrected chi connectivity index (χ3v) is 7.24. The fourth-order valence-electron chi connectivity index (χ4n) is 5.43. The van der Waals surface area contributed by atoms with Gasteiger partial charge in [-0.25, -0.2) is 9.78 Å². The van der Waals surface area contributed by atoms with E-state index in [1.165, 1.54) is 12.0 Å². The number of carbonyl (C=O) groups excluding carboxylic acids is 1. The normalized spacial score (nSPS) is 21.1. The molecule has 2 aliphatic rings. The smallest absolute Gasteiger partial charge is 0.407 e. The van der Waals surface area contributed by atoms with Crippen molar-refractivity contribution in [2.75, 3.05) is 31.6 Å². The number of aryl methyl sites for hydroxylation is 1. The molecule has 1 unspecified atom stereocenters. The van der Waals surface area contributed by atoms with E-state index >= 15 is 0 Å². The van der Waals surface area contributed by atoms with E-state index in [4.69, 9.17) is 16.3 Å². The van der Waals surface area contributed by atoms with Gasteiger partial charge in [-0.3, -0.25) is 14.9 Å². The highest BCUT2D eigenvalue weighted by Gasteiger charge is 2.47. The van der Waals surface area contributed by atoms with Gasteiger partial charge in [0.1, 0.15) is 5.69 Å². The molecule has 13 heteroatoms. The van der Waals surface area contributed by atoms with Crippen molar-refractivity contribution >= 4 is 35.2 Å². The SMILES string of the molecule is COC(=O)C1(Cc2nc(Cl)nc(N3CCN(C(=O)O)C[C@@H]3CC#N)c2[N+](=O)[O-])CCCc2ccccc21. The fourth-order valence-corrected chi connectivity index (χ4v) is 5.61. The van der Waals surface area contributed by atoms with E-state index in [0.717, 1.165) is 22.4 Å². The number of esters is 1. The molecule has 194 valence electrons. The van der Waals surface area contributed by atoms with Crippen LogP contribution < -0.4 is 4.90 Å². The lowest BCUT2D eigenvalue weighted by atomic mass is 9.67. The molecule has 1 saturated heterocycles. The number of piperazine rings is 1. The van der Waals surface area contributed by atoms with Crippen LogP contribution in [0.5, 0.6) is 0 Å². The van der Waals surface area contributed by atoms with E-state index < -0.39 is 34.1 Å². The van der Waals surface area contributed by atoms with Crippen LogP contribution in [0.15, 0.2) is 24.3 Å². The number of rotatable bonds is 6. The molecule has 1 amide bonds. The van der Waals surface area contributed by atoms with Gasteiger partial charge in [-0.05, 0) is 42.0 Å². The molecule has 1 aromatic heterocycles. The highest BCUT2D eigenvalue weighted by Crippen LogP contribution is 2.44. The minimum atomic E-state index is -1.21. The Kier molecular flexibility index (Phi) is 7.45. The van der Waals surface area contributed by atoms with Crippen LogP contribution in [-0.2, 0) is 27.8 Å². The van der Waals surface area contributed by atoms with Gasteiger partial charge in [0, 0.05) is 26.1 Å². The first-order chi connectivity index (χ1) is 17.7. The van der Waals surface area contributed by atoms with Gasteiger partial charge >= 0.3 is 17.7 Å². The van der Waals surface area contributed by atoms with E-state index in [9.17, 15) is 30.1 Å². The number of nitrogens with zero attached hydrogens (tertiary/aromatic N) is 6. The van der Waals surface area contributed by atoms with E-state index in [0.29, 0.717) is 12.8 Å². The lowest BCUT2D eigenvalue weighted by Crippen LogP contribution is -2.55. The summed E-state index contributed by atoms with van der Waals surface area (Å²) in [5.41, 5.74) is 0.0234. The average Bonchev–Trinajstić information content (AvgIpc) is 2.87. The van der Waals surface area contributed by atoms with Gasteiger partial charge in [-0.2, -0.15) is 10.2 Å². The Hall–Kier alpha value is -3.98. The zero-order valence-corrected chi connectivity index (χ0v) is 20.8. The molecule has 12 nitrogen and oxygen atoms in total. The van der Waals surface area contributed by atoms with Gasteiger partial charge in [0.15, 0.2) is 0 Å². The highest BCUT2D eigenvalue weighted by atomic mass is 35.5. The predicted molar refractivity (Wildman–Crippen MR) is 131 cm³/mol. The number of anilines is 1. The molecular formula is C24H25ClN6O6. The second-order valence-electron chi connectivity index (χ2n) is 9.07. The quantitative estimate of drug-likeness (QED) is 0.255. The number of nitro groups is 1. The molecule has 2 heterocycles. The molecule has 37 heavy (non-hydrogen) atoms. The van der Waals surface area contributed by atoms with E-state index in [2.05, 4.69) is 9.97 Å². The summed E-state index contributed by atoms with van der Waals surface area (Å²) in [6.45, 7) is 0.0958. The standard InChI is InChI=1S/C24H25ClN6O6/c1-37-21(32)24(9-4-6-15-5-2-3-7-17(15)24)13-18-19(31(35)36)20(28-22(25)27-18)30-12-11-29(23(33)34)14-16(30)8-10-26/h2-3,5,7,16H,4,6,8-9,11-14H2,1H3,(H,33,34)/t16-,24?/m0/s1. The Morgan fingerprint density at radius 2 is 2.11 bits per heavy atom. The fraction of sp³-hybridized carbons (Fsp3) is 0.458. The van der Waals surface area contributed by atoms with Gasteiger partial charge in [-0.1, -0.05) is 24.3 Å². The van der Waals surface area contributed by atoms with Crippen LogP contribution in [0.4, 0.5) is 16.3 Å². The van der Waals surface area contributed by atoms with Crippen LogP contribution >= 0.6 is 11.6 Å². The van der Waals surface area contributed by atoms with Crippen LogP contribution in [0.1, 0.15) is 36.1 Å². The summed E-state index contributed by atoms with van der Waals surface area (Å²) >= 11 is 6.27. The largest absolute Gasteiger partial charge is 0.468 e. The number of halogens is 1. The van der Waals surface area contributed by atoms with Crippen molar-refractivity contribution in [1.82, 2.24) is 14.9 Å². The average molecular weight is 529 g/mol. The number of hydrogen-bond donors (Lipinski definition) is 1. The number of carboxylic acid groups (broad SMARTS) is 1. The summed E-state index contributed by atoms with van der Waals surface area (Å²) in [5, 5.41) is 30.9. The molecule has 1 aromatic carbocycles. The first-order valence-electron chi connectivity index (χ1n) is 11.7. The number of ether oxygens (including phenoxy) is 1. The van der Waals surface area contributed by atoms with Crippen LogP contribution in [0.2, 0.25) is 5.28 Å². The van der Waals surface area contributed by atoms with E-state index in [1.54, 1.807) is 0 Å². The Balaban J connectivity index is 1.85.